The van der Waals surface area contributed by atoms with E-state index in [1.165, 1.54) is 0 Å². The Morgan fingerprint density at radius 2 is 2.14 bits per heavy atom. The lowest BCUT2D eigenvalue weighted by Crippen LogP contribution is -2.25. The molecule has 0 spiro atoms. The van der Waals surface area contributed by atoms with Crippen molar-refractivity contribution in [2.45, 2.75) is 17.9 Å². The summed E-state index contributed by atoms with van der Waals surface area (Å²) in [7, 11) is -3.57. The Morgan fingerprint density at radius 1 is 1.24 bits per heavy atom. The Hall–Kier alpha value is -1.84. The summed E-state index contributed by atoms with van der Waals surface area (Å²) in [5, 5.41) is 4.06. The van der Waals surface area contributed by atoms with Crippen molar-refractivity contribution in [1.29, 1.82) is 0 Å². The van der Waals surface area contributed by atoms with Crippen LogP contribution in [0.15, 0.2) is 41.6 Å². The van der Waals surface area contributed by atoms with E-state index in [4.69, 9.17) is 0 Å². The lowest BCUT2D eigenvalue weighted by molar-refractivity contribution is 0.553. The fourth-order valence-electron chi connectivity index (χ4n) is 1.96. The number of hydrogen-bond donors (Lipinski definition) is 1. The van der Waals surface area contributed by atoms with Crippen LogP contribution in [0.25, 0.3) is 11.0 Å². The lowest BCUT2D eigenvalue weighted by Gasteiger charge is -2.07. The predicted molar refractivity (Wildman–Crippen MR) is 79.4 cm³/mol. The fourth-order valence-corrected chi connectivity index (χ4v) is 3.79. The van der Waals surface area contributed by atoms with Crippen molar-refractivity contribution in [2.75, 3.05) is 6.54 Å². The van der Waals surface area contributed by atoms with Crippen LogP contribution in [0.4, 0.5) is 0 Å². The smallest absolute Gasteiger partial charge is 0.242 e. The summed E-state index contributed by atoms with van der Waals surface area (Å²) >= 11 is 1.01. The maximum atomic E-state index is 12.3. The first-order chi connectivity index (χ1) is 10.2. The molecule has 3 aromatic rings. The minimum absolute atomic E-state index is 0.174. The van der Waals surface area contributed by atoms with Gasteiger partial charge in [0.1, 0.15) is 15.9 Å². The molecule has 0 fully saturated rings. The number of rotatable bonds is 6. The molecule has 21 heavy (non-hydrogen) atoms. The molecular weight excluding hydrogens is 310 g/mol. The van der Waals surface area contributed by atoms with Crippen molar-refractivity contribution in [1.82, 2.24) is 23.2 Å². The quantitative estimate of drug-likeness (QED) is 0.690. The summed E-state index contributed by atoms with van der Waals surface area (Å²) in [5.74, 6) is 0. The lowest BCUT2D eigenvalue weighted by atomic mass is 10.3. The normalized spacial score (nSPS) is 12.0. The summed E-state index contributed by atoms with van der Waals surface area (Å²) in [6, 6.07) is 6.79. The third-order valence-corrected chi connectivity index (χ3v) is 4.99. The fraction of sp³-hybridized carbons (Fsp3) is 0.250. The van der Waals surface area contributed by atoms with Crippen LogP contribution in [-0.4, -0.2) is 33.5 Å². The van der Waals surface area contributed by atoms with Crippen LogP contribution in [0.3, 0.4) is 0 Å². The highest BCUT2D eigenvalue weighted by atomic mass is 32.2. The summed E-state index contributed by atoms with van der Waals surface area (Å²) in [6.45, 7) is 1.01. The monoisotopic (exact) mass is 323 g/mol. The number of aromatic nitrogens is 4. The van der Waals surface area contributed by atoms with Gasteiger partial charge in [0.25, 0.3) is 0 Å². The van der Waals surface area contributed by atoms with Crippen molar-refractivity contribution in [3.63, 3.8) is 0 Å². The number of nitrogens with one attached hydrogen (secondary N) is 1. The van der Waals surface area contributed by atoms with E-state index in [9.17, 15) is 8.42 Å². The molecule has 0 radical (unpaired) electrons. The zero-order chi connectivity index (χ0) is 14.7. The molecular formula is C12H13N5O2S2. The van der Waals surface area contributed by atoms with E-state index < -0.39 is 10.0 Å². The van der Waals surface area contributed by atoms with E-state index in [1.54, 1.807) is 29.1 Å². The molecule has 2 heterocycles. The van der Waals surface area contributed by atoms with Gasteiger partial charge in [-0.3, -0.25) is 4.68 Å². The molecule has 0 saturated heterocycles. The Kier molecular flexibility index (Phi) is 3.95. The number of aryl methyl sites for hydroxylation is 1. The Labute approximate surface area is 126 Å². The van der Waals surface area contributed by atoms with E-state index in [1.807, 2.05) is 12.3 Å². The summed E-state index contributed by atoms with van der Waals surface area (Å²) < 4.78 is 37.1. The molecule has 0 amide bonds. The summed E-state index contributed by atoms with van der Waals surface area (Å²) in [4.78, 5) is 0.174. The first-order valence-corrected chi connectivity index (χ1v) is 8.56. The van der Waals surface area contributed by atoms with E-state index >= 15 is 0 Å². The van der Waals surface area contributed by atoms with Crippen LogP contribution in [0.5, 0.6) is 0 Å². The maximum Gasteiger partial charge on any atom is 0.242 e. The second-order valence-electron chi connectivity index (χ2n) is 4.41. The Morgan fingerprint density at radius 3 is 2.95 bits per heavy atom. The molecule has 1 N–H and O–H groups in total. The molecule has 0 bridgehead atoms. The van der Waals surface area contributed by atoms with Crippen LogP contribution in [0.2, 0.25) is 0 Å². The van der Waals surface area contributed by atoms with Gasteiger partial charge < -0.3 is 0 Å². The zero-order valence-electron chi connectivity index (χ0n) is 11.0. The van der Waals surface area contributed by atoms with Gasteiger partial charge in [0, 0.05) is 25.5 Å². The molecule has 0 aliphatic carbocycles. The number of benzene rings is 1. The van der Waals surface area contributed by atoms with Crippen molar-refractivity contribution < 1.29 is 8.42 Å². The molecule has 0 unspecified atom stereocenters. The average molecular weight is 323 g/mol. The van der Waals surface area contributed by atoms with Gasteiger partial charge in [-0.1, -0.05) is 6.07 Å². The van der Waals surface area contributed by atoms with Gasteiger partial charge in [-0.05, 0) is 24.6 Å². The van der Waals surface area contributed by atoms with Gasteiger partial charge in [0.2, 0.25) is 10.0 Å². The highest BCUT2D eigenvalue weighted by Gasteiger charge is 2.18. The Balaban J connectivity index is 1.68. The van der Waals surface area contributed by atoms with Gasteiger partial charge >= 0.3 is 0 Å². The highest BCUT2D eigenvalue weighted by Crippen LogP contribution is 2.20. The van der Waals surface area contributed by atoms with Gasteiger partial charge in [-0.15, -0.1) is 0 Å². The molecule has 9 heteroatoms. The number of nitrogens with zero attached hydrogens (tertiary/aromatic N) is 4. The van der Waals surface area contributed by atoms with Crippen LogP contribution < -0.4 is 4.72 Å². The third-order valence-electron chi connectivity index (χ3n) is 2.95. The van der Waals surface area contributed by atoms with E-state index in [0.717, 1.165) is 11.7 Å². The summed E-state index contributed by atoms with van der Waals surface area (Å²) in [6.07, 6.45) is 4.20. The predicted octanol–water partition coefficient (Wildman–Crippen LogP) is 1.26. The second kappa shape index (κ2) is 5.88. The minimum Gasteiger partial charge on any atom is -0.273 e. The van der Waals surface area contributed by atoms with Crippen LogP contribution in [0.1, 0.15) is 6.42 Å². The maximum absolute atomic E-state index is 12.3. The first-order valence-electron chi connectivity index (χ1n) is 6.35. The van der Waals surface area contributed by atoms with E-state index in [0.29, 0.717) is 30.5 Å². The largest absolute Gasteiger partial charge is 0.273 e. The molecule has 0 atom stereocenters. The van der Waals surface area contributed by atoms with E-state index in [2.05, 4.69) is 18.6 Å². The highest BCUT2D eigenvalue weighted by molar-refractivity contribution is 7.89. The van der Waals surface area contributed by atoms with Crippen LogP contribution in [-0.2, 0) is 16.6 Å². The summed E-state index contributed by atoms with van der Waals surface area (Å²) in [5.41, 5.74) is 1.02. The van der Waals surface area contributed by atoms with Gasteiger partial charge in [0.15, 0.2) is 0 Å². The Bertz CT molecular complexity index is 826. The molecule has 3 rings (SSSR count). The SMILES string of the molecule is O=S(=O)(NCCCn1cccn1)c1cccc2nsnc12. The first kappa shape index (κ1) is 14.1. The number of hydrogen-bond acceptors (Lipinski definition) is 6. The topological polar surface area (TPSA) is 89.8 Å². The second-order valence-corrected chi connectivity index (χ2v) is 6.67. The van der Waals surface area contributed by atoms with E-state index in [-0.39, 0.29) is 4.90 Å². The molecule has 0 saturated carbocycles. The molecule has 1 aromatic carbocycles. The van der Waals surface area contributed by atoms with Crippen molar-refractivity contribution in [3.05, 3.63) is 36.7 Å². The number of sulfonamides is 1. The van der Waals surface area contributed by atoms with Gasteiger partial charge in [0.05, 0.1) is 11.7 Å². The zero-order valence-corrected chi connectivity index (χ0v) is 12.6. The molecule has 0 aliphatic rings. The van der Waals surface area contributed by atoms with Crippen molar-refractivity contribution in [2.24, 2.45) is 0 Å². The standard InChI is InChI=1S/C12H13N5O2S2/c18-21(19,14-7-3-9-17-8-2-6-13-17)11-5-1-4-10-12(11)16-20-15-10/h1-2,4-6,8,14H,3,7,9H2. The van der Waals surface area contributed by atoms with Crippen molar-refractivity contribution >= 4 is 32.8 Å². The van der Waals surface area contributed by atoms with Crippen LogP contribution >= 0.6 is 11.7 Å². The van der Waals surface area contributed by atoms with Crippen LogP contribution in [0, 0.1) is 0 Å². The average Bonchev–Trinajstić information content (AvgIpc) is 3.14. The molecule has 7 nitrogen and oxygen atoms in total. The number of fused-ring (bicyclic) bond motifs is 1. The molecule has 110 valence electrons. The van der Waals surface area contributed by atoms with Crippen molar-refractivity contribution in [3.8, 4) is 0 Å². The molecule has 0 aliphatic heterocycles. The third kappa shape index (κ3) is 3.09. The van der Waals surface area contributed by atoms with Gasteiger partial charge in [-0.2, -0.15) is 13.8 Å². The minimum atomic E-state index is -3.57. The molecule has 2 aromatic heterocycles. The van der Waals surface area contributed by atoms with Gasteiger partial charge in [-0.25, -0.2) is 13.1 Å².